The second-order valence-corrected chi connectivity index (χ2v) is 4.31. The van der Waals surface area contributed by atoms with Gasteiger partial charge in [-0.2, -0.15) is 0 Å². The van der Waals surface area contributed by atoms with Crippen molar-refractivity contribution < 1.29 is 19.4 Å². The predicted octanol–water partition coefficient (Wildman–Crippen LogP) is 0.463. The zero-order valence-electron chi connectivity index (χ0n) is 12.1. The SMILES string of the molecule is COc1ccc(OC)c(C(O)CNCCNC(C)=O)c1. The molecule has 20 heavy (non-hydrogen) atoms. The highest BCUT2D eigenvalue weighted by atomic mass is 16.5. The number of aliphatic hydroxyl groups is 1. The first kappa shape index (κ1) is 16.3. The molecule has 6 nitrogen and oxygen atoms in total. The molecule has 0 fully saturated rings. The van der Waals surface area contributed by atoms with E-state index >= 15 is 0 Å². The van der Waals surface area contributed by atoms with Gasteiger partial charge in [0.15, 0.2) is 0 Å². The molecule has 1 rings (SSSR count). The average molecular weight is 282 g/mol. The van der Waals surface area contributed by atoms with Gasteiger partial charge in [-0.05, 0) is 18.2 Å². The second-order valence-electron chi connectivity index (χ2n) is 4.31. The molecule has 0 aliphatic carbocycles. The number of ether oxygens (including phenoxy) is 2. The topological polar surface area (TPSA) is 79.8 Å². The van der Waals surface area contributed by atoms with Gasteiger partial charge >= 0.3 is 0 Å². The van der Waals surface area contributed by atoms with Crippen LogP contribution >= 0.6 is 0 Å². The molecule has 0 saturated carbocycles. The summed E-state index contributed by atoms with van der Waals surface area (Å²) in [6, 6.07) is 5.28. The summed E-state index contributed by atoms with van der Waals surface area (Å²) in [4.78, 5) is 10.7. The second kappa shape index (κ2) is 8.39. The zero-order valence-corrected chi connectivity index (χ0v) is 12.1. The van der Waals surface area contributed by atoms with Crippen molar-refractivity contribution in [3.05, 3.63) is 23.8 Å². The fourth-order valence-corrected chi connectivity index (χ4v) is 1.78. The molecule has 1 aromatic carbocycles. The highest BCUT2D eigenvalue weighted by Crippen LogP contribution is 2.28. The maximum absolute atomic E-state index is 10.7. The van der Waals surface area contributed by atoms with E-state index in [0.717, 1.165) is 0 Å². The highest BCUT2D eigenvalue weighted by Gasteiger charge is 2.14. The van der Waals surface area contributed by atoms with E-state index < -0.39 is 6.10 Å². The molecule has 1 amide bonds. The number of nitrogens with one attached hydrogen (secondary N) is 2. The van der Waals surface area contributed by atoms with Crippen LogP contribution in [-0.4, -0.2) is 44.9 Å². The van der Waals surface area contributed by atoms with Crippen molar-refractivity contribution in [2.24, 2.45) is 0 Å². The minimum Gasteiger partial charge on any atom is -0.497 e. The van der Waals surface area contributed by atoms with Gasteiger partial charge in [0.2, 0.25) is 5.91 Å². The molecule has 1 aromatic rings. The Labute approximate surface area is 119 Å². The number of benzene rings is 1. The minimum atomic E-state index is -0.711. The quantitative estimate of drug-likeness (QED) is 0.604. The molecule has 0 radical (unpaired) electrons. The molecule has 0 saturated heterocycles. The number of carbonyl (C=O) groups is 1. The van der Waals surface area contributed by atoms with E-state index in [4.69, 9.17) is 9.47 Å². The van der Waals surface area contributed by atoms with Crippen molar-refractivity contribution in [2.45, 2.75) is 13.0 Å². The fraction of sp³-hybridized carbons (Fsp3) is 0.500. The van der Waals surface area contributed by atoms with E-state index in [-0.39, 0.29) is 5.91 Å². The largest absolute Gasteiger partial charge is 0.497 e. The molecule has 0 heterocycles. The van der Waals surface area contributed by atoms with Gasteiger partial charge in [-0.15, -0.1) is 0 Å². The Morgan fingerprint density at radius 3 is 2.65 bits per heavy atom. The molecule has 0 bridgehead atoms. The van der Waals surface area contributed by atoms with Crippen molar-refractivity contribution in [1.82, 2.24) is 10.6 Å². The van der Waals surface area contributed by atoms with Crippen molar-refractivity contribution in [2.75, 3.05) is 33.9 Å². The third-order valence-electron chi connectivity index (χ3n) is 2.81. The maximum Gasteiger partial charge on any atom is 0.216 e. The maximum atomic E-state index is 10.7. The number of rotatable bonds is 8. The van der Waals surface area contributed by atoms with Crippen molar-refractivity contribution in [1.29, 1.82) is 0 Å². The summed E-state index contributed by atoms with van der Waals surface area (Å²) < 4.78 is 10.4. The van der Waals surface area contributed by atoms with Crippen molar-refractivity contribution in [3.8, 4) is 11.5 Å². The molecule has 112 valence electrons. The summed E-state index contributed by atoms with van der Waals surface area (Å²) in [5.41, 5.74) is 0.666. The minimum absolute atomic E-state index is 0.0678. The van der Waals surface area contributed by atoms with Gasteiger partial charge in [0, 0.05) is 32.1 Å². The smallest absolute Gasteiger partial charge is 0.216 e. The van der Waals surface area contributed by atoms with E-state index in [1.165, 1.54) is 6.92 Å². The van der Waals surface area contributed by atoms with E-state index in [9.17, 15) is 9.90 Å². The lowest BCUT2D eigenvalue weighted by atomic mass is 10.1. The van der Waals surface area contributed by atoms with E-state index in [0.29, 0.717) is 36.7 Å². The van der Waals surface area contributed by atoms with Gasteiger partial charge in [0.25, 0.3) is 0 Å². The van der Waals surface area contributed by atoms with Crippen LogP contribution in [-0.2, 0) is 4.79 Å². The van der Waals surface area contributed by atoms with E-state index in [1.54, 1.807) is 32.4 Å². The first-order chi connectivity index (χ1) is 9.58. The van der Waals surface area contributed by atoms with Crippen LogP contribution in [0.1, 0.15) is 18.6 Å². The van der Waals surface area contributed by atoms with Crippen LogP contribution in [0.25, 0.3) is 0 Å². The van der Waals surface area contributed by atoms with Crippen LogP contribution in [0.15, 0.2) is 18.2 Å². The van der Waals surface area contributed by atoms with Gasteiger partial charge in [-0.25, -0.2) is 0 Å². The van der Waals surface area contributed by atoms with Gasteiger partial charge in [0.1, 0.15) is 11.5 Å². The molecule has 1 unspecified atom stereocenters. The van der Waals surface area contributed by atoms with Crippen LogP contribution in [0.2, 0.25) is 0 Å². The lowest BCUT2D eigenvalue weighted by Crippen LogP contribution is -2.32. The van der Waals surface area contributed by atoms with Crippen LogP contribution in [0.3, 0.4) is 0 Å². The third kappa shape index (κ3) is 5.07. The summed E-state index contributed by atoms with van der Waals surface area (Å²) in [5.74, 6) is 1.21. The molecule has 0 spiro atoms. The molecule has 6 heteroatoms. The Morgan fingerprint density at radius 1 is 1.30 bits per heavy atom. The molecule has 0 aromatic heterocycles. The lowest BCUT2D eigenvalue weighted by Gasteiger charge is -2.16. The molecule has 3 N–H and O–H groups in total. The number of hydrogen-bond acceptors (Lipinski definition) is 5. The van der Waals surface area contributed by atoms with Crippen LogP contribution in [0, 0.1) is 0 Å². The summed E-state index contributed by atoms with van der Waals surface area (Å²) in [6.45, 7) is 2.94. The van der Waals surface area contributed by atoms with Crippen molar-refractivity contribution in [3.63, 3.8) is 0 Å². The standard InChI is InChI=1S/C14H22N2O4/c1-10(17)16-7-6-15-9-13(18)12-8-11(19-2)4-5-14(12)20-3/h4-5,8,13,15,18H,6-7,9H2,1-3H3,(H,16,17). The van der Waals surface area contributed by atoms with E-state index in [2.05, 4.69) is 10.6 Å². The Morgan fingerprint density at radius 2 is 2.05 bits per heavy atom. The molecule has 0 aliphatic heterocycles. The summed E-state index contributed by atoms with van der Waals surface area (Å²) >= 11 is 0. The zero-order chi connectivity index (χ0) is 15.0. The number of methoxy groups -OCH3 is 2. The summed E-state index contributed by atoms with van der Waals surface area (Å²) in [5, 5.41) is 15.9. The number of amides is 1. The monoisotopic (exact) mass is 282 g/mol. The number of aliphatic hydroxyl groups excluding tert-OH is 1. The summed E-state index contributed by atoms with van der Waals surface area (Å²) in [6.07, 6.45) is -0.711. The molecular weight excluding hydrogens is 260 g/mol. The molecule has 0 aliphatic rings. The molecule has 1 atom stereocenters. The Hall–Kier alpha value is -1.79. The first-order valence-electron chi connectivity index (χ1n) is 6.43. The van der Waals surface area contributed by atoms with Gasteiger partial charge in [-0.1, -0.05) is 0 Å². The lowest BCUT2D eigenvalue weighted by molar-refractivity contribution is -0.118. The van der Waals surface area contributed by atoms with E-state index in [1.807, 2.05) is 0 Å². The average Bonchev–Trinajstić information content (AvgIpc) is 2.45. The third-order valence-corrected chi connectivity index (χ3v) is 2.81. The van der Waals surface area contributed by atoms with Gasteiger partial charge < -0.3 is 25.2 Å². The van der Waals surface area contributed by atoms with Crippen LogP contribution in [0.4, 0.5) is 0 Å². The Kier molecular flexibility index (Phi) is 6.83. The summed E-state index contributed by atoms with van der Waals surface area (Å²) in [7, 11) is 3.13. The van der Waals surface area contributed by atoms with Crippen molar-refractivity contribution >= 4 is 5.91 Å². The fourth-order valence-electron chi connectivity index (χ4n) is 1.78. The van der Waals surface area contributed by atoms with Crippen LogP contribution in [0.5, 0.6) is 11.5 Å². The number of carbonyl (C=O) groups excluding carboxylic acids is 1. The van der Waals surface area contributed by atoms with Crippen LogP contribution < -0.4 is 20.1 Å². The molecular formula is C14H22N2O4. The van der Waals surface area contributed by atoms with Gasteiger partial charge in [-0.3, -0.25) is 4.79 Å². The number of hydrogen-bond donors (Lipinski definition) is 3. The highest BCUT2D eigenvalue weighted by molar-refractivity contribution is 5.72. The Bertz CT molecular complexity index is 437. The van der Waals surface area contributed by atoms with Gasteiger partial charge in [0.05, 0.1) is 20.3 Å². The normalized spacial score (nSPS) is 11.8. The predicted molar refractivity (Wildman–Crippen MR) is 76.1 cm³/mol. The first-order valence-corrected chi connectivity index (χ1v) is 6.43. The Balaban J connectivity index is 2.53.